The maximum absolute atomic E-state index is 12.0. The van der Waals surface area contributed by atoms with Crippen LogP contribution in [0.4, 0.5) is 0 Å². The zero-order valence-corrected chi connectivity index (χ0v) is 14.4. The fourth-order valence-electron chi connectivity index (χ4n) is 3.22. The van der Waals surface area contributed by atoms with E-state index in [1.807, 2.05) is 30.6 Å². The lowest BCUT2D eigenvalue weighted by Gasteiger charge is -2.31. The molecule has 1 saturated heterocycles. The molecule has 0 atom stereocenters. The van der Waals surface area contributed by atoms with Gasteiger partial charge < -0.3 is 14.2 Å². The molecule has 0 N–H and O–H groups in total. The molecule has 0 unspecified atom stereocenters. The van der Waals surface area contributed by atoms with Gasteiger partial charge in [-0.1, -0.05) is 30.3 Å². The number of hydrogen-bond acceptors (Lipinski definition) is 4. The molecule has 2 aromatic rings. The summed E-state index contributed by atoms with van der Waals surface area (Å²) in [7, 11) is 0. The molecule has 1 aliphatic heterocycles. The molecule has 1 aromatic carbocycles. The smallest absolute Gasteiger partial charge is 0.397 e. The molecule has 1 aliphatic rings. The maximum Gasteiger partial charge on any atom is 0.397 e. The largest absolute Gasteiger partial charge is 0.459 e. The highest BCUT2D eigenvalue weighted by Gasteiger charge is 2.28. The molecule has 0 aliphatic carbocycles. The minimum Gasteiger partial charge on any atom is -0.459 e. The Balaban J connectivity index is 1.58. The highest BCUT2D eigenvalue weighted by molar-refractivity contribution is 6.32. The fraction of sp³-hybridized carbons (Fsp3) is 0.421. The number of imidazole rings is 1. The number of aromatic nitrogens is 2. The number of carbonyl (C=O) groups excluding carboxylic acids is 2. The van der Waals surface area contributed by atoms with Crippen LogP contribution in [0.3, 0.4) is 0 Å². The zero-order chi connectivity index (χ0) is 17.6. The standard InChI is InChI=1S/C19H23N3O3/c1-2-25-19(24)18(23)21-11-8-15(9-12-21)14-22-13-10-20-17(22)16-6-4-3-5-7-16/h3-7,10,13,15H,2,8-9,11-12,14H2,1H3. The molecule has 3 rings (SSSR count). The Morgan fingerprint density at radius 3 is 2.60 bits per heavy atom. The Morgan fingerprint density at radius 1 is 1.20 bits per heavy atom. The Bertz CT molecular complexity index is 719. The summed E-state index contributed by atoms with van der Waals surface area (Å²) in [5, 5.41) is 0. The van der Waals surface area contributed by atoms with E-state index < -0.39 is 11.9 Å². The molecule has 1 aromatic heterocycles. The Labute approximate surface area is 147 Å². The number of carbonyl (C=O) groups is 2. The lowest BCUT2D eigenvalue weighted by Crippen LogP contribution is -2.43. The molecular weight excluding hydrogens is 318 g/mol. The van der Waals surface area contributed by atoms with E-state index in [9.17, 15) is 9.59 Å². The van der Waals surface area contributed by atoms with Gasteiger partial charge in [0.05, 0.1) is 6.61 Å². The van der Waals surface area contributed by atoms with Crippen molar-refractivity contribution in [1.29, 1.82) is 0 Å². The molecule has 2 heterocycles. The van der Waals surface area contributed by atoms with E-state index in [1.165, 1.54) is 0 Å². The van der Waals surface area contributed by atoms with E-state index in [1.54, 1.807) is 11.8 Å². The van der Waals surface area contributed by atoms with Gasteiger partial charge in [-0.05, 0) is 25.7 Å². The molecule has 132 valence electrons. The zero-order valence-electron chi connectivity index (χ0n) is 14.4. The van der Waals surface area contributed by atoms with Gasteiger partial charge in [-0.2, -0.15) is 0 Å². The summed E-state index contributed by atoms with van der Waals surface area (Å²) in [6.07, 6.45) is 5.56. The van der Waals surface area contributed by atoms with Gasteiger partial charge in [-0.3, -0.25) is 4.79 Å². The molecular formula is C19H23N3O3. The number of hydrogen-bond donors (Lipinski definition) is 0. The normalized spacial score (nSPS) is 15.2. The Kier molecular flexibility index (Phi) is 5.48. The van der Waals surface area contributed by atoms with E-state index >= 15 is 0 Å². The topological polar surface area (TPSA) is 64.4 Å². The summed E-state index contributed by atoms with van der Waals surface area (Å²) in [5.41, 5.74) is 1.10. The van der Waals surface area contributed by atoms with Crippen LogP contribution in [0.15, 0.2) is 42.7 Å². The Hall–Kier alpha value is -2.63. The number of ether oxygens (including phenoxy) is 1. The summed E-state index contributed by atoms with van der Waals surface area (Å²) in [4.78, 5) is 29.6. The van der Waals surface area contributed by atoms with Crippen molar-refractivity contribution in [3.05, 3.63) is 42.7 Å². The number of esters is 1. The van der Waals surface area contributed by atoms with Gasteiger partial charge in [-0.15, -0.1) is 0 Å². The quantitative estimate of drug-likeness (QED) is 0.632. The van der Waals surface area contributed by atoms with E-state index in [0.717, 1.165) is 30.8 Å². The first-order valence-corrected chi connectivity index (χ1v) is 8.71. The van der Waals surface area contributed by atoms with E-state index in [0.29, 0.717) is 19.0 Å². The molecule has 0 bridgehead atoms. The predicted molar refractivity (Wildman–Crippen MR) is 93.6 cm³/mol. The van der Waals surface area contributed by atoms with Crippen LogP contribution >= 0.6 is 0 Å². The fourth-order valence-corrected chi connectivity index (χ4v) is 3.22. The van der Waals surface area contributed by atoms with Gasteiger partial charge in [0, 0.05) is 37.6 Å². The molecule has 1 amide bonds. The minimum absolute atomic E-state index is 0.226. The van der Waals surface area contributed by atoms with Gasteiger partial charge >= 0.3 is 11.9 Å². The number of piperidine rings is 1. The molecule has 1 fully saturated rings. The average Bonchev–Trinajstić information content (AvgIpc) is 3.11. The highest BCUT2D eigenvalue weighted by Crippen LogP contribution is 2.23. The van der Waals surface area contributed by atoms with Crippen LogP contribution in [0.1, 0.15) is 19.8 Å². The highest BCUT2D eigenvalue weighted by atomic mass is 16.5. The van der Waals surface area contributed by atoms with Crippen molar-refractivity contribution < 1.29 is 14.3 Å². The maximum atomic E-state index is 12.0. The van der Waals surface area contributed by atoms with Gasteiger partial charge in [-0.25, -0.2) is 9.78 Å². The van der Waals surface area contributed by atoms with Crippen LogP contribution in [0, 0.1) is 5.92 Å². The van der Waals surface area contributed by atoms with Crippen molar-refractivity contribution in [2.45, 2.75) is 26.3 Å². The minimum atomic E-state index is -0.748. The summed E-state index contributed by atoms with van der Waals surface area (Å²) >= 11 is 0. The number of rotatable bonds is 4. The summed E-state index contributed by atoms with van der Waals surface area (Å²) in [6, 6.07) is 10.1. The first-order chi connectivity index (χ1) is 12.2. The van der Waals surface area contributed by atoms with Crippen molar-refractivity contribution in [2.24, 2.45) is 5.92 Å². The summed E-state index contributed by atoms with van der Waals surface area (Å²) < 4.78 is 6.96. The lowest BCUT2D eigenvalue weighted by molar-refractivity contribution is -0.160. The monoisotopic (exact) mass is 341 g/mol. The first kappa shape index (κ1) is 17.2. The van der Waals surface area contributed by atoms with Gasteiger partial charge in [0.25, 0.3) is 0 Å². The first-order valence-electron chi connectivity index (χ1n) is 8.71. The van der Waals surface area contributed by atoms with Crippen molar-refractivity contribution in [3.8, 4) is 11.4 Å². The summed E-state index contributed by atoms with van der Waals surface area (Å²) in [5.74, 6) is 0.156. The van der Waals surface area contributed by atoms with Crippen molar-refractivity contribution in [1.82, 2.24) is 14.5 Å². The van der Waals surface area contributed by atoms with Crippen LogP contribution in [-0.4, -0.2) is 46.0 Å². The molecule has 6 heteroatoms. The van der Waals surface area contributed by atoms with Gasteiger partial charge in [0.1, 0.15) is 5.82 Å². The van der Waals surface area contributed by atoms with Crippen LogP contribution in [0.2, 0.25) is 0 Å². The van der Waals surface area contributed by atoms with E-state index in [-0.39, 0.29) is 6.61 Å². The van der Waals surface area contributed by atoms with E-state index in [4.69, 9.17) is 4.74 Å². The third-order valence-corrected chi connectivity index (χ3v) is 4.55. The van der Waals surface area contributed by atoms with Crippen LogP contribution in [-0.2, 0) is 20.9 Å². The molecule has 0 saturated carbocycles. The van der Waals surface area contributed by atoms with Crippen LogP contribution < -0.4 is 0 Å². The molecule has 6 nitrogen and oxygen atoms in total. The second kappa shape index (κ2) is 7.96. The lowest BCUT2D eigenvalue weighted by atomic mass is 9.96. The predicted octanol–water partition coefficient (Wildman–Crippen LogP) is 2.35. The van der Waals surface area contributed by atoms with E-state index in [2.05, 4.69) is 21.7 Å². The number of amides is 1. The van der Waals surface area contributed by atoms with Crippen molar-refractivity contribution in [2.75, 3.05) is 19.7 Å². The summed E-state index contributed by atoms with van der Waals surface area (Å²) in [6.45, 7) is 3.98. The van der Waals surface area contributed by atoms with Crippen molar-refractivity contribution in [3.63, 3.8) is 0 Å². The third kappa shape index (κ3) is 4.07. The molecule has 0 spiro atoms. The number of likely N-dealkylation sites (tertiary alicyclic amines) is 1. The Morgan fingerprint density at radius 2 is 1.92 bits per heavy atom. The van der Waals surface area contributed by atoms with Crippen LogP contribution in [0.25, 0.3) is 11.4 Å². The van der Waals surface area contributed by atoms with Gasteiger partial charge in [0.2, 0.25) is 0 Å². The molecule has 0 radical (unpaired) electrons. The SMILES string of the molecule is CCOC(=O)C(=O)N1CCC(Cn2ccnc2-c2ccccc2)CC1. The average molecular weight is 341 g/mol. The number of benzene rings is 1. The second-order valence-electron chi connectivity index (χ2n) is 6.23. The van der Waals surface area contributed by atoms with Crippen molar-refractivity contribution >= 4 is 11.9 Å². The van der Waals surface area contributed by atoms with Crippen LogP contribution in [0.5, 0.6) is 0 Å². The molecule has 25 heavy (non-hydrogen) atoms. The number of nitrogens with zero attached hydrogens (tertiary/aromatic N) is 3. The second-order valence-corrected chi connectivity index (χ2v) is 6.23. The third-order valence-electron chi connectivity index (χ3n) is 4.55. The van der Waals surface area contributed by atoms with Gasteiger partial charge in [0.15, 0.2) is 0 Å².